The Morgan fingerprint density at radius 3 is 2.38 bits per heavy atom. The second kappa shape index (κ2) is 8.94. The maximum absolute atomic E-state index is 13.1. The molecule has 7 heteroatoms. The number of hydrogen-bond donors (Lipinski definition) is 2. The van der Waals surface area contributed by atoms with E-state index in [4.69, 9.17) is 9.47 Å². The minimum Gasteiger partial charge on any atom is -0.507 e. The molecule has 1 aliphatic heterocycles. The van der Waals surface area contributed by atoms with Gasteiger partial charge < -0.3 is 24.6 Å². The summed E-state index contributed by atoms with van der Waals surface area (Å²) >= 11 is 0. The number of phenols is 1. The number of benzene rings is 2. The molecule has 2 N–H and O–H groups in total. The zero-order valence-electron chi connectivity index (χ0n) is 18.2. The van der Waals surface area contributed by atoms with Crippen molar-refractivity contribution in [3.63, 3.8) is 0 Å². The predicted octanol–water partition coefficient (Wildman–Crippen LogP) is 4.16. The summed E-state index contributed by atoms with van der Waals surface area (Å²) in [5, 5.41) is 21.5. The molecule has 1 aliphatic carbocycles. The van der Waals surface area contributed by atoms with Crippen molar-refractivity contribution in [2.45, 2.75) is 44.7 Å². The van der Waals surface area contributed by atoms with E-state index in [1.165, 1.54) is 13.2 Å². The van der Waals surface area contributed by atoms with Crippen molar-refractivity contribution in [2.75, 3.05) is 13.7 Å². The molecule has 32 heavy (non-hydrogen) atoms. The van der Waals surface area contributed by atoms with Crippen molar-refractivity contribution in [2.24, 2.45) is 0 Å². The van der Waals surface area contributed by atoms with Crippen LogP contribution < -0.4 is 9.47 Å². The average molecular weight is 437 g/mol. The number of amides is 1. The van der Waals surface area contributed by atoms with Crippen LogP contribution in [0.3, 0.4) is 0 Å². The Bertz CT molecular complexity index is 1050. The lowest BCUT2D eigenvalue weighted by molar-refractivity contribution is -0.141. The third-order valence-corrected chi connectivity index (χ3v) is 6.16. The molecule has 0 aromatic heterocycles. The van der Waals surface area contributed by atoms with Gasteiger partial charge in [-0.25, -0.2) is 0 Å². The number of methoxy groups -OCH3 is 1. The molecule has 2 aromatic rings. The molecular formula is C25H27NO6. The Kier molecular flexibility index (Phi) is 6.08. The molecule has 1 unspecified atom stereocenters. The van der Waals surface area contributed by atoms with Gasteiger partial charge in [-0.15, -0.1) is 0 Å². The minimum absolute atomic E-state index is 0.0237. The van der Waals surface area contributed by atoms with Gasteiger partial charge in [-0.3, -0.25) is 9.59 Å². The van der Waals surface area contributed by atoms with Gasteiger partial charge in [0, 0.05) is 11.6 Å². The molecule has 168 valence electrons. The van der Waals surface area contributed by atoms with Crippen LogP contribution in [-0.4, -0.2) is 46.6 Å². The zero-order valence-corrected chi connectivity index (χ0v) is 18.2. The number of carbonyl (C=O) groups is 2. The van der Waals surface area contributed by atoms with Gasteiger partial charge in [-0.1, -0.05) is 18.9 Å². The summed E-state index contributed by atoms with van der Waals surface area (Å²) in [4.78, 5) is 27.8. The van der Waals surface area contributed by atoms with E-state index >= 15 is 0 Å². The quantitative estimate of drug-likeness (QED) is 0.400. The molecule has 2 aromatic carbocycles. The average Bonchev–Trinajstić information content (AvgIpc) is 3.41. The van der Waals surface area contributed by atoms with Crippen LogP contribution >= 0.6 is 0 Å². The number of ketones is 1. The SMILES string of the molecule is CCOc1ccc(/C(O)=C2/C(=O)C(=O)N(C3CCCC3)C2c2ccc(OC)c(O)c2)cc1. The molecule has 4 rings (SSSR count). The van der Waals surface area contributed by atoms with E-state index in [2.05, 4.69) is 0 Å². The third kappa shape index (κ3) is 3.79. The van der Waals surface area contributed by atoms with Crippen LogP contribution in [0.4, 0.5) is 0 Å². The van der Waals surface area contributed by atoms with E-state index in [1.54, 1.807) is 41.3 Å². The monoisotopic (exact) mass is 437 g/mol. The van der Waals surface area contributed by atoms with Crippen LogP contribution in [-0.2, 0) is 9.59 Å². The fourth-order valence-corrected chi connectivity index (χ4v) is 4.64. The Morgan fingerprint density at radius 2 is 1.78 bits per heavy atom. The number of carbonyl (C=O) groups excluding carboxylic acids is 2. The second-order valence-corrected chi connectivity index (χ2v) is 8.03. The van der Waals surface area contributed by atoms with Gasteiger partial charge in [0.1, 0.15) is 11.5 Å². The number of hydrogen-bond acceptors (Lipinski definition) is 6. The van der Waals surface area contributed by atoms with Gasteiger partial charge in [0.15, 0.2) is 11.5 Å². The summed E-state index contributed by atoms with van der Waals surface area (Å²) in [6, 6.07) is 10.6. The van der Waals surface area contributed by atoms with E-state index in [9.17, 15) is 19.8 Å². The number of ether oxygens (including phenoxy) is 2. The number of aliphatic hydroxyl groups is 1. The van der Waals surface area contributed by atoms with Crippen LogP contribution in [0.5, 0.6) is 17.2 Å². The maximum atomic E-state index is 13.1. The number of nitrogens with zero attached hydrogens (tertiary/aromatic N) is 1. The molecule has 2 aliphatic rings. The molecule has 1 atom stereocenters. The standard InChI is InChI=1S/C25H27NO6/c1-3-32-18-11-8-15(9-12-18)23(28)21-22(16-10-13-20(31-2)19(27)14-16)26(25(30)24(21)29)17-6-4-5-7-17/h8-14,17,22,27-28H,3-7H2,1-2H3/b23-21-. The summed E-state index contributed by atoms with van der Waals surface area (Å²) in [7, 11) is 1.45. The zero-order chi connectivity index (χ0) is 22.8. The normalized spacial score (nSPS) is 20.7. The molecule has 0 spiro atoms. The summed E-state index contributed by atoms with van der Waals surface area (Å²) in [6.07, 6.45) is 3.56. The maximum Gasteiger partial charge on any atom is 0.295 e. The molecule has 1 saturated carbocycles. The topological polar surface area (TPSA) is 96.3 Å². The first-order valence-corrected chi connectivity index (χ1v) is 10.9. The summed E-state index contributed by atoms with van der Waals surface area (Å²) < 4.78 is 10.6. The molecule has 1 saturated heterocycles. The van der Waals surface area contributed by atoms with Crippen LogP contribution in [0.1, 0.15) is 49.8 Å². The molecule has 0 bridgehead atoms. The van der Waals surface area contributed by atoms with Gasteiger partial charge in [-0.05, 0) is 61.7 Å². The number of aromatic hydroxyl groups is 1. The fraction of sp³-hybridized carbons (Fsp3) is 0.360. The van der Waals surface area contributed by atoms with Gasteiger partial charge in [0.2, 0.25) is 0 Å². The molecular weight excluding hydrogens is 410 g/mol. The highest BCUT2D eigenvalue weighted by Crippen LogP contribution is 2.45. The molecule has 7 nitrogen and oxygen atoms in total. The second-order valence-electron chi connectivity index (χ2n) is 8.03. The smallest absolute Gasteiger partial charge is 0.295 e. The van der Waals surface area contributed by atoms with Crippen molar-refractivity contribution in [1.29, 1.82) is 0 Å². The van der Waals surface area contributed by atoms with Crippen molar-refractivity contribution >= 4 is 17.4 Å². The fourth-order valence-electron chi connectivity index (χ4n) is 4.64. The summed E-state index contributed by atoms with van der Waals surface area (Å²) in [6.45, 7) is 2.39. The molecule has 0 radical (unpaired) electrons. The first kappa shape index (κ1) is 21.7. The van der Waals surface area contributed by atoms with Crippen LogP contribution in [0, 0.1) is 0 Å². The van der Waals surface area contributed by atoms with Crippen LogP contribution in [0.25, 0.3) is 5.76 Å². The number of Topliss-reactive ketones (excluding diaryl/α,β-unsaturated/α-hetero) is 1. The van der Waals surface area contributed by atoms with E-state index in [1.807, 2.05) is 6.92 Å². The van der Waals surface area contributed by atoms with E-state index in [-0.39, 0.29) is 28.9 Å². The number of aliphatic hydroxyl groups excluding tert-OH is 1. The van der Waals surface area contributed by atoms with Crippen LogP contribution in [0.15, 0.2) is 48.0 Å². The van der Waals surface area contributed by atoms with Gasteiger partial charge in [0.25, 0.3) is 11.7 Å². The minimum atomic E-state index is -0.790. The van der Waals surface area contributed by atoms with Crippen molar-refractivity contribution in [1.82, 2.24) is 4.90 Å². The Hall–Kier alpha value is -3.48. The number of phenolic OH excluding ortho intramolecular Hbond substituents is 1. The number of rotatable bonds is 6. The largest absolute Gasteiger partial charge is 0.507 e. The Balaban J connectivity index is 1.84. The summed E-state index contributed by atoms with van der Waals surface area (Å²) in [5.74, 6) is -0.742. The lowest BCUT2D eigenvalue weighted by atomic mass is 9.94. The highest BCUT2D eigenvalue weighted by Gasteiger charge is 2.49. The molecule has 1 amide bonds. The van der Waals surface area contributed by atoms with Crippen molar-refractivity contribution in [3.05, 3.63) is 59.2 Å². The molecule has 1 heterocycles. The van der Waals surface area contributed by atoms with Crippen LogP contribution in [0.2, 0.25) is 0 Å². The highest BCUT2D eigenvalue weighted by molar-refractivity contribution is 6.46. The van der Waals surface area contributed by atoms with Crippen molar-refractivity contribution < 1.29 is 29.3 Å². The van der Waals surface area contributed by atoms with Crippen molar-refractivity contribution in [3.8, 4) is 17.2 Å². The lowest BCUT2D eigenvalue weighted by Gasteiger charge is -2.31. The van der Waals surface area contributed by atoms with E-state index < -0.39 is 17.7 Å². The van der Waals surface area contributed by atoms with Gasteiger partial charge in [0.05, 0.1) is 25.3 Å². The van der Waals surface area contributed by atoms with Gasteiger partial charge in [-0.2, -0.15) is 0 Å². The predicted molar refractivity (Wildman–Crippen MR) is 119 cm³/mol. The Morgan fingerprint density at radius 1 is 1.09 bits per heavy atom. The molecule has 2 fully saturated rings. The van der Waals surface area contributed by atoms with Gasteiger partial charge >= 0.3 is 0 Å². The Labute approximate surface area is 186 Å². The summed E-state index contributed by atoms with van der Waals surface area (Å²) in [5.41, 5.74) is 0.984. The number of likely N-dealkylation sites (tertiary alicyclic amines) is 1. The first-order valence-electron chi connectivity index (χ1n) is 10.9. The van der Waals surface area contributed by atoms with E-state index in [0.717, 1.165) is 25.7 Å². The highest BCUT2D eigenvalue weighted by atomic mass is 16.5. The third-order valence-electron chi connectivity index (χ3n) is 6.16. The first-order chi connectivity index (χ1) is 15.5. The lowest BCUT2D eigenvalue weighted by Crippen LogP contribution is -2.37. The van der Waals surface area contributed by atoms with E-state index in [0.29, 0.717) is 23.5 Å².